The summed E-state index contributed by atoms with van der Waals surface area (Å²) in [5.41, 5.74) is 9.94. The van der Waals surface area contributed by atoms with Crippen molar-refractivity contribution < 1.29 is 4.74 Å². The minimum atomic E-state index is 0.529. The fraction of sp³-hybridized carbons (Fsp3) is 0.375. The van der Waals surface area contributed by atoms with E-state index in [2.05, 4.69) is 9.97 Å². The molecule has 0 saturated heterocycles. The number of nitrogens with two attached hydrogens (primary N) is 1. The molecule has 0 radical (unpaired) electrons. The SMILES string of the molecule is Cc1nc(SCCOc2cccc(CN)c2)nc(C)c1C. The molecule has 0 bridgehead atoms. The Bertz CT molecular complexity index is 593. The summed E-state index contributed by atoms with van der Waals surface area (Å²) in [6, 6.07) is 7.87. The molecule has 112 valence electrons. The van der Waals surface area contributed by atoms with Gasteiger partial charge in [0, 0.05) is 23.7 Å². The molecule has 2 N–H and O–H groups in total. The minimum Gasteiger partial charge on any atom is -0.493 e. The number of hydrogen-bond acceptors (Lipinski definition) is 5. The van der Waals surface area contributed by atoms with Gasteiger partial charge in [0.05, 0.1) is 6.61 Å². The topological polar surface area (TPSA) is 61.0 Å². The summed E-state index contributed by atoms with van der Waals surface area (Å²) in [4.78, 5) is 8.97. The first-order chi connectivity index (χ1) is 10.1. The molecule has 0 spiro atoms. The van der Waals surface area contributed by atoms with E-state index in [1.165, 1.54) is 0 Å². The van der Waals surface area contributed by atoms with Gasteiger partial charge in [0.1, 0.15) is 5.75 Å². The molecule has 0 fully saturated rings. The highest BCUT2D eigenvalue weighted by atomic mass is 32.2. The lowest BCUT2D eigenvalue weighted by Crippen LogP contribution is -2.04. The molecule has 0 aliphatic rings. The quantitative estimate of drug-likeness (QED) is 0.505. The van der Waals surface area contributed by atoms with E-state index in [1.54, 1.807) is 11.8 Å². The van der Waals surface area contributed by atoms with Gasteiger partial charge in [-0.25, -0.2) is 9.97 Å². The van der Waals surface area contributed by atoms with Gasteiger partial charge in [0.25, 0.3) is 0 Å². The lowest BCUT2D eigenvalue weighted by molar-refractivity contribution is 0.343. The van der Waals surface area contributed by atoms with Crippen molar-refractivity contribution in [1.82, 2.24) is 9.97 Å². The van der Waals surface area contributed by atoms with E-state index in [1.807, 2.05) is 45.0 Å². The molecule has 1 heterocycles. The Balaban J connectivity index is 1.84. The van der Waals surface area contributed by atoms with Gasteiger partial charge >= 0.3 is 0 Å². The molecule has 0 amide bonds. The number of benzene rings is 1. The third kappa shape index (κ3) is 4.44. The average Bonchev–Trinajstić information content (AvgIpc) is 2.49. The molecule has 0 aliphatic heterocycles. The van der Waals surface area contributed by atoms with Crippen LogP contribution in [0.3, 0.4) is 0 Å². The maximum atomic E-state index is 5.72. The summed E-state index contributed by atoms with van der Waals surface area (Å²) in [6.45, 7) is 7.23. The Morgan fingerprint density at radius 3 is 2.52 bits per heavy atom. The Labute approximate surface area is 130 Å². The highest BCUT2D eigenvalue weighted by molar-refractivity contribution is 7.99. The molecule has 1 aromatic carbocycles. The van der Waals surface area contributed by atoms with Crippen molar-refractivity contribution in [1.29, 1.82) is 0 Å². The fourth-order valence-corrected chi connectivity index (χ4v) is 2.61. The molecular formula is C16H21N3OS. The van der Waals surface area contributed by atoms with Crippen LogP contribution in [0.1, 0.15) is 22.5 Å². The lowest BCUT2D eigenvalue weighted by atomic mass is 10.2. The molecule has 5 heteroatoms. The van der Waals surface area contributed by atoms with E-state index < -0.39 is 0 Å². The van der Waals surface area contributed by atoms with Gasteiger partial charge in [-0.05, 0) is 44.0 Å². The molecule has 0 atom stereocenters. The second-order valence-corrected chi connectivity index (χ2v) is 5.91. The van der Waals surface area contributed by atoms with Crippen molar-refractivity contribution >= 4 is 11.8 Å². The number of ether oxygens (including phenoxy) is 1. The second-order valence-electron chi connectivity index (χ2n) is 4.85. The van der Waals surface area contributed by atoms with E-state index in [0.717, 1.165) is 39.2 Å². The number of aryl methyl sites for hydroxylation is 2. The van der Waals surface area contributed by atoms with Crippen LogP contribution < -0.4 is 10.5 Å². The van der Waals surface area contributed by atoms with Gasteiger partial charge in [-0.1, -0.05) is 23.9 Å². The molecule has 4 nitrogen and oxygen atoms in total. The van der Waals surface area contributed by atoms with Gasteiger partial charge in [-0.3, -0.25) is 0 Å². The Hall–Kier alpha value is -1.59. The number of nitrogens with zero attached hydrogens (tertiary/aromatic N) is 2. The van der Waals surface area contributed by atoms with E-state index in [4.69, 9.17) is 10.5 Å². The molecule has 21 heavy (non-hydrogen) atoms. The molecule has 1 aromatic heterocycles. The van der Waals surface area contributed by atoms with Gasteiger partial charge in [-0.15, -0.1) is 0 Å². The lowest BCUT2D eigenvalue weighted by Gasteiger charge is -2.08. The zero-order valence-corrected chi connectivity index (χ0v) is 13.5. The Kier molecular flexibility index (Phi) is 5.59. The van der Waals surface area contributed by atoms with Crippen molar-refractivity contribution in [3.63, 3.8) is 0 Å². The van der Waals surface area contributed by atoms with Crippen molar-refractivity contribution in [2.24, 2.45) is 5.73 Å². The van der Waals surface area contributed by atoms with Crippen LogP contribution >= 0.6 is 11.8 Å². The van der Waals surface area contributed by atoms with E-state index >= 15 is 0 Å². The standard InChI is InChI=1S/C16H21N3OS/c1-11-12(2)18-16(19-13(11)3)21-8-7-20-15-6-4-5-14(9-15)10-17/h4-6,9H,7-8,10,17H2,1-3H3. The monoisotopic (exact) mass is 303 g/mol. The normalized spacial score (nSPS) is 10.7. The van der Waals surface area contributed by atoms with E-state index in [9.17, 15) is 0 Å². The van der Waals surface area contributed by atoms with Crippen LogP contribution in [-0.2, 0) is 6.54 Å². The Morgan fingerprint density at radius 2 is 1.86 bits per heavy atom. The van der Waals surface area contributed by atoms with Crippen LogP contribution in [-0.4, -0.2) is 22.3 Å². The van der Waals surface area contributed by atoms with Crippen LogP contribution in [0.4, 0.5) is 0 Å². The Morgan fingerprint density at radius 1 is 1.14 bits per heavy atom. The summed E-state index contributed by atoms with van der Waals surface area (Å²) in [5.74, 6) is 1.67. The minimum absolute atomic E-state index is 0.529. The van der Waals surface area contributed by atoms with Crippen LogP contribution in [0.5, 0.6) is 5.75 Å². The van der Waals surface area contributed by atoms with E-state index in [-0.39, 0.29) is 0 Å². The summed E-state index contributed by atoms with van der Waals surface area (Å²) in [7, 11) is 0. The number of rotatable bonds is 6. The van der Waals surface area contributed by atoms with Crippen LogP contribution in [0.25, 0.3) is 0 Å². The highest BCUT2D eigenvalue weighted by Gasteiger charge is 2.05. The summed E-state index contributed by atoms with van der Waals surface area (Å²) in [6.07, 6.45) is 0. The molecule has 0 saturated carbocycles. The highest BCUT2D eigenvalue weighted by Crippen LogP contribution is 2.18. The predicted molar refractivity (Wildman–Crippen MR) is 86.8 cm³/mol. The van der Waals surface area contributed by atoms with Crippen LogP contribution in [0.15, 0.2) is 29.4 Å². The molecule has 2 rings (SSSR count). The first-order valence-electron chi connectivity index (χ1n) is 6.96. The molecular weight excluding hydrogens is 282 g/mol. The average molecular weight is 303 g/mol. The number of thioether (sulfide) groups is 1. The third-order valence-corrected chi connectivity index (χ3v) is 4.14. The predicted octanol–water partition coefficient (Wildman–Crippen LogP) is 3.03. The maximum absolute atomic E-state index is 5.72. The van der Waals surface area contributed by atoms with Crippen molar-refractivity contribution in [2.75, 3.05) is 12.4 Å². The fourth-order valence-electron chi connectivity index (χ4n) is 1.86. The van der Waals surface area contributed by atoms with Crippen molar-refractivity contribution in [2.45, 2.75) is 32.5 Å². The maximum Gasteiger partial charge on any atom is 0.188 e. The number of hydrogen-bond donors (Lipinski definition) is 1. The largest absolute Gasteiger partial charge is 0.493 e. The van der Waals surface area contributed by atoms with Gasteiger partial charge in [0.15, 0.2) is 5.16 Å². The smallest absolute Gasteiger partial charge is 0.188 e. The first kappa shape index (κ1) is 15.8. The zero-order valence-electron chi connectivity index (χ0n) is 12.7. The van der Waals surface area contributed by atoms with Gasteiger partial charge < -0.3 is 10.5 Å². The summed E-state index contributed by atoms with van der Waals surface area (Å²) < 4.78 is 5.72. The summed E-state index contributed by atoms with van der Waals surface area (Å²) in [5, 5.41) is 0.815. The van der Waals surface area contributed by atoms with Gasteiger partial charge in [0.2, 0.25) is 0 Å². The number of aromatic nitrogens is 2. The van der Waals surface area contributed by atoms with Crippen molar-refractivity contribution in [3.8, 4) is 5.75 Å². The molecule has 2 aromatic rings. The molecule has 0 unspecified atom stereocenters. The second kappa shape index (κ2) is 7.43. The van der Waals surface area contributed by atoms with Crippen LogP contribution in [0.2, 0.25) is 0 Å². The van der Waals surface area contributed by atoms with Gasteiger partial charge in [-0.2, -0.15) is 0 Å². The zero-order chi connectivity index (χ0) is 15.2. The van der Waals surface area contributed by atoms with E-state index in [0.29, 0.717) is 13.2 Å². The van der Waals surface area contributed by atoms with Crippen LogP contribution in [0, 0.1) is 20.8 Å². The third-order valence-electron chi connectivity index (χ3n) is 3.33. The molecule has 0 aliphatic carbocycles. The van der Waals surface area contributed by atoms with Crippen molar-refractivity contribution in [3.05, 3.63) is 46.8 Å². The summed E-state index contributed by atoms with van der Waals surface area (Å²) >= 11 is 1.61. The first-order valence-corrected chi connectivity index (χ1v) is 7.95.